The standard InChI is InChI=1S/C22H27NO/c1-16-8-7-9-19(14-16)18(3)20-15-17(2)11-12-21(20)23(4)22-10-5-6-13-24-22/h7-9,11-12,14-15,22H,3,5-6,10,13H2,1-2,4H3. The number of aryl methyl sites for hydroxylation is 2. The highest BCUT2D eigenvalue weighted by Crippen LogP contribution is 2.33. The van der Waals surface area contributed by atoms with E-state index in [-0.39, 0.29) is 6.23 Å². The smallest absolute Gasteiger partial charge is 0.129 e. The summed E-state index contributed by atoms with van der Waals surface area (Å²) in [7, 11) is 2.13. The molecule has 1 fully saturated rings. The Morgan fingerprint density at radius 2 is 1.88 bits per heavy atom. The number of rotatable bonds is 4. The van der Waals surface area contributed by atoms with E-state index in [0.717, 1.165) is 18.6 Å². The Bertz CT molecular complexity index is 728. The molecule has 2 heteroatoms. The summed E-state index contributed by atoms with van der Waals surface area (Å²) in [4.78, 5) is 2.27. The van der Waals surface area contributed by atoms with Crippen molar-refractivity contribution in [3.63, 3.8) is 0 Å². The fraction of sp³-hybridized carbons (Fsp3) is 0.364. The zero-order chi connectivity index (χ0) is 17.1. The summed E-state index contributed by atoms with van der Waals surface area (Å²) in [6.45, 7) is 9.51. The van der Waals surface area contributed by atoms with Crippen LogP contribution in [0.25, 0.3) is 5.57 Å². The Balaban J connectivity index is 1.97. The van der Waals surface area contributed by atoms with Crippen molar-refractivity contribution in [1.29, 1.82) is 0 Å². The Morgan fingerprint density at radius 1 is 1.08 bits per heavy atom. The van der Waals surface area contributed by atoms with E-state index in [0.29, 0.717) is 0 Å². The molecule has 0 amide bonds. The lowest BCUT2D eigenvalue weighted by molar-refractivity contribution is 0.0174. The second-order valence-electron chi connectivity index (χ2n) is 6.80. The molecular weight excluding hydrogens is 294 g/mol. The molecular formula is C22H27NO. The van der Waals surface area contributed by atoms with Crippen molar-refractivity contribution in [2.24, 2.45) is 0 Å². The summed E-state index contributed by atoms with van der Waals surface area (Å²) in [6, 6.07) is 15.2. The van der Waals surface area contributed by atoms with E-state index >= 15 is 0 Å². The first-order valence-electron chi connectivity index (χ1n) is 8.77. The SMILES string of the molecule is C=C(c1cccc(C)c1)c1cc(C)ccc1N(C)C1CCCCO1. The van der Waals surface area contributed by atoms with Gasteiger partial charge in [0.2, 0.25) is 0 Å². The fourth-order valence-corrected chi connectivity index (χ4v) is 3.37. The molecule has 0 spiro atoms. The number of benzene rings is 2. The molecule has 1 aliphatic rings. The monoisotopic (exact) mass is 321 g/mol. The Kier molecular flexibility index (Phi) is 5.06. The van der Waals surface area contributed by atoms with Gasteiger partial charge < -0.3 is 9.64 Å². The van der Waals surface area contributed by atoms with Crippen LogP contribution in [0.5, 0.6) is 0 Å². The van der Waals surface area contributed by atoms with Crippen LogP contribution in [0, 0.1) is 13.8 Å². The number of anilines is 1. The molecule has 1 saturated heterocycles. The van der Waals surface area contributed by atoms with Crippen LogP contribution in [-0.4, -0.2) is 19.9 Å². The van der Waals surface area contributed by atoms with E-state index in [1.807, 2.05) is 0 Å². The minimum atomic E-state index is 0.158. The van der Waals surface area contributed by atoms with Gasteiger partial charge in [0.05, 0.1) is 0 Å². The first-order valence-corrected chi connectivity index (χ1v) is 8.77. The van der Waals surface area contributed by atoms with Gasteiger partial charge in [-0.3, -0.25) is 0 Å². The van der Waals surface area contributed by atoms with Crippen LogP contribution < -0.4 is 4.90 Å². The average Bonchev–Trinajstić information content (AvgIpc) is 2.61. The van der Waals surface area contributed by atoms with E-state index in [9.17, 15) is 0 Å². The largest absolute Gasteiger partial charge is 0.358 e. The van der Waals surface area contributed by atoms with Crippen molar-refractivity contribution in [2.75, 3.05) is 18.6 Å². The molecule has 0 aliphatic carbocycles. The molecule has 3 rings (SSSR count). The summed E-state index contributed by atoms with van der Waals surface area (Å²) < 4.78 is 5.98. The molecule has 126 valence electrons. The predicted molar refractivity (Wildman–Crippen MR) is 102 cm³/mol. The molecule has 24 heavy (non-hydrogen) atoms. The third-order valence-corrected chi connectivity index (χ3v) is 4.81. The van der Waals surface area contributed by atoms with Crippen LogP contribution in [0.3, 0.4) is 0 Å². The predicted octanol–water partition coefficient (Wildman–Crippen LogP) is 5.33. The van der Waals surface area contributed by atoms with Crippen molar-refractivity contribution in [3.05, 3.63) is 71.3 Å². The van der Waals surface area contributed by atoms with Crippen molar-refractivity contribution >= 4 is 11.3 Å². The van der Waals surface area contributed by atoms with Crippen LogP contribution in [0.4, 0.5) is 5.69 Å². The van der Waals surface area contributed by atoms with Gasteiger partial charge in [-0.25, -0.2) is 0 Å². The summed E-state index contributed by atoms with van der Waals surface area (Å²) in [6.07, 6.45) is 3.64. The van der Waals surface area contributed by atoms with E-state index in [2.05, 4.69) is 74.8 Å². The van der Waals surface area contributed by atoms with Gasteiger partial charge >= 0.3 is 0 Å². The molecule has 0 aromatic heterocycles. The number of hydrogen-bond acceptors (Lipinski definition) is 2. The van der Waals surface area contributed by atoms with Gasteiger partial charge in [-0.15, -0.1) is 0 Å². The van der Waals surface area contributed by atoms with Gasteiger partial charge in [-0.2, -0.15) is 0 Å². The third-order valence-electron chi connectivity index (χ3n) is 4.81. The molecule has 1 atom stereocenters. The quantitative estimate of drug-likeness (QED) is 0.755. The lowest BCUT2D eigenvalue weighted by Gasteiger charge is -2.34. The van der Waals surface area contributed by atoms with Crippen molar-refractivity contribution in [3.8, 4) is 0 Å². The maximum absolute atomic E-state index is 5.98. The van der Waals surface area contributed by atoms with Gasteiger partial charge in [0.15, 0.2) is 0 Å². The van der Waals surface area contributed by atoms with E-state index in [1.54, 1.807) is 0 Å². The number of ether oxygens (including phenoxy) is 1. The van der Waals surface area contributed by atoms with Crippen LogP contribution >= 0.6 is 0 Å². The molecule has 0 N–H and O–H groups in total. The second-order valence-corrected chi connectivity index (χ2v) is 6.80. The molecule has 2 aromatic rings. The van der Waals surface area contributed by atoms with Gasteiger partial charge in [-0.05, 0) is 56.4 Å². The molecule has 1 aliphatic heterocycles. The Morgan fingerprint density at radius 3 is 2.58 bits per heavy atom. The van der Waals surface area contributed by atoms with Gasteiger partial charge in [0.25, 0.3) is 0 Å². The molecule has 0 bridgehead atoms. The summed E-state index contributed by atoms with van der Waals surface area (Å²) in [5, 5.41) is 0. The Hall–Kier alpha value is -2.06. The van der Waals surface area contributed by atoms with Crippen LogP contribution in [0.15, 0.2) is 49.0 Å². The van der Waals surface area contributed by atoms with Gasteiger partial charge in [-0.1, -0.05) is 48.0 Å². The lowest BCUT2D eigenvalue weighted by atomic mass is 9.95. The highest BCUT2D eigenvalue weighted by molar-refractivity contribution is 5.85. The molecule has 2 nitrogen and oxygen atoms in total. The average molecular weight is 321 g/mol. The van der Waals surface area contributed by atoms with Crippen molar-refractivity contribution < 1.29 is 4.74 Å². The maximum Gasteiger partial charge on any atom is 0.129 e. The van der Waals surface area contributed by atoms with Gasteiger partial charge in [0, 0.05) is 24.9 Å². The molecule has 0 radical (unpaired) electrons. The normalized spacial score (nSPS) is 17.5. The van der Waals surface area contributed by atoms with E-state index in [1.165, 1.54) is 40.8 Å². The molecule has 2 aromatic carbocycles. The Labute approximate surface area is 145 Å². The van der Waals surface area contributed by atoms with E-state index in [4.69, 9.17) is 4.74 Å². The third kappa shape index (κ3) is 3.54. The highest BCUT2D eigenvalue weighted by atomic mass is 16.5. The fourth-order valence-electron chi connectivity index (χ4n) is 3.37. The first-order chi connectivity index (χ1) is 11.6. The summed E-state index contributed by atoms with van der Waals surface area (Å²) in [5.41, 5.74) is 7.14. The minimum Gasteiger partial charge on any atom is -0.358 e. The van der Waals surface area contributed by atoms with E-state index < -0.39 is 0 Å². The second kappa shape index (κ2) is 7.23. The lowest BCUT2D eigenvalue weighted by Crippen LogP contribution is -2.37. The summed E-state index contributed by atoms with van der Waals surface area (Å²) in [5.74, 6) is 0. The van der Waals surface area contributed by atoms with Gasteiger partial charge in [0.1, 0.15) is 6.23 Å². The van der Waals surface area contributed by atoms with Crippen molar-refractivity contribution in [2.45, 2.75) is 39.3 Å². The zero-order valence-electron chi connectivity index (χ0n) is 15.0. The van der Waals surface area contributed by atoms with Crippen LogP contribution in [0.2, 0.25) is 0 Å². The van der Waals surface area contributed by atoms with Crippen LogP contribution in [0.1, 0.15) is 41.5 Å². The summed E-state index contributed by atoms with van der Waals surface area (Å²) >= 11 is 0. The number of nitrogens with zero attached hydrogens (tertiary/aromatic N) is 1. The molecule has 1 unspecified atom stereocenters. The zero-order valence-corrected chi connectivity index (χ0v) is 15.0. The minimum absolute atomic E-state index is 0.158. The van der Waals surface area contributed by atoms with Crippen molar-refractivity contribution in [1.82, 2.24) is 0 Å². The van der Waals surface area contributed by atoms with Crippen LogP contribution in [-0.2, 0) is 4.74 Å². The maximum atomic E-state index is 5.98. The molecule has 0 saturated carbocycles. The molecule has 1 heterocycles. The topological polar surface area (TPSA) is 12.5 Å². The highest BCUT2D eigenvalue weighted by Gasteiger charge is 2.22. The first kappa shape index (κ1) is 16.8. The number of hydrogen-bond donors (Lipinski definition) is 0.